The zero-order chi connectivity index (χ0) is 15.1. The topological polar surface area (TPSA) is 72.8 Å². The summed E-state index contributed by atoms with van der Waals surface area (Å²) in [4.78, 5) is 22.1. The Bertz CT molecular complexity index is 524. The number of carboxylic acid groups (broad SMARTS) is 1. The highest BCUT2D eigenvalue weighted by Crippen LogP contribution is 2.31. The van der Waals surface area contributed by atoms with Gasteiger partial charge in [-0.25, -0.2) is 9.59 Å². The van der Waals surface area contributed by atoms with Crippen molar-refractivity contribution in [1.82, 2.24) is 0 Å². The van der Waals surface area contributed by atoms with Crippen LogP contribution in [0.1, 0.15) is 19.4 Å². The highest BCUT2D eigenvalue weighted by Gasteiger charge is 2.18. The second kappa shape index (κ2) is 7.69. The predicted molar refractivity (Wildman–Crippen MR) is 77.5 cm³/mol. The van der Waals surface area contributed by atoms with Gasteiger partial charge in [-0.05, 0) is 41.9 Å². The lowest BCUT2D eigenvalue weighted by molar-refractivity contribution is -0.150. The molecule has 0 saturated heterocycles. The third-order valence-electron chi connectivity index (χ3n) is 2.32. The number of rotatable bonds is 6. The molecule has 1 N–H and O–H groups in total. The number of aliphatic carboxylic acids is 1. The SMILES string of the molecule is CCOC(=O)C(C)Oc1c(Br)cccc1C=CC(=O)O. The molecule has 0 aromatic heterocycles. The molecule has 1 aromatic rings. The van der Waals surface area contributed by atoms with Gasteiger partial charge in [-0.15, -0.1) is 0 Å². The van der Waals surface area contributed by atoms with Gasteiger partial charge in [0.25, 0.3) is 0 Å². The molecule has 0 aliphatic heterocycles. The molecule has 0 bridgehead atoms. The van der Waals surface area contributed by atoms with Gasteiger partial charge in [-0.3, -0.25) is 0 Å². The third kappa shape index (κ3) is 4.70. The Balaban J connectivity index is 2.98. The van der Waals surface area contributed by atoms with E-state index in [0.717, 1.165) is 6.08 Å². The number of ether oxygens (including phenoxy) is 2. The maximum Gasteiger partial charge on any atom is 0.347 e. The zero-order valence-corrected chi connectivity index (χ0v) is 12.7. The first kappa shape index (κ1) is 16.2. The van der Waals surface area contributed by atoms with Gasteiger partial charge < -0.3 is 14.6 Å². The van der Waals surface area contributed by atoms with Gasteiger partial charge in [0.15, 0.2) is 6.10 Å². The number of esters is 1. The fraction of sp³-hybridized carbons (Fsp3) is 0.286. The molecule has 0 aliphatic rings. The van der Waals surface area contributed by atoms with Crippen molar-refractivity contribution in [1.29, 1.82) is 0 Å². The first-order valence-corrected chi connectivity index (χ1v) is 6.77. The molecular weight excluding hydrogens is 328 g/mol. The normalized spacial score (nSPS) is 12.2. The molecule has 1 aromatic carbocycles. The van der Waals surface area contributed by atoms with Crippen LogP contribution in [0.3, 0.4) is 0 Å². The Morgan fingerprint density at radius 2 is 2.15 bits per heavy atom. The fourth-order valence-electron chi connectivity index (χ4n) is 1.43. The van der Waals surface area contributed by atoms with Crippen molar-refractivity contribution < 1.29 is 24.2 Å². The maximum absolute atomic E-state index is 11.6. The fourth-order valence-corrected chi connectivity index (χ4v) is 1.90. The first-order chi connectivity index (χ1) is 9.45. The molecule has 0 spiro atoms. The molecule has 1 unspecified atom stereocenters. The van der Waals surface area contributed by atoms with Gasteiger partial charge in [0.2, 0.25) is 0 Å². The Morgan fingerprint density at radius 1 is 1.45 bits per heavy atom. The van der Waals surface area contributed by atoms with Crippen molar-refractivity contribution in [3.63, 3.8) is 0 Å². The number of carbonyl (C=O) groups is 2. The average Bonchev–Trinajstić information content (AvgIpc) is 2.39. The van der Waals surface area contributed by atoms with Crippen LogP contribution in [0.25, 0.3) is 6.08 Å². The van der Waals surface area contributed by atoms with Gasteiger partial charge in [-0.2, -0.15) is 0 Å². The van der Waals surface area contributed by atoms with E-state index in [4.69, 9.17) is 14.6 Å². The monoisotopic (exact) mass is 342 g/mol. The summed E-state index contributed by atoms with van der Waals surface area (Å²) in [6.45, 7) is 3.56. The molecule has 1 atom stereocenters. The van der Waals surface area contributed by atoms with Crippen LogP contribution >= 0.6 is 15.9 Å². The number of hydrogen-bond donors (Lipinski definition) is 1. The van der Waals surface area contributed by atoms with E-state index >= 15 is 0 Å². The van der Waals surface area contributed by atoms with Gasteiger partial charge in [0.1, 0.15) is 5.75 Å². The minimum absolute atomic E-state index is 0.272. The van der Waals surface area contributed by atoms with Crippen LogP contribution in [0.5, 0.6) is 5.75 Å². The molecule has 0 fully saturated rings. The van der Waals surface area contributed by atoms with Crippen molar-refractivity contribution in [2.75, 3.05) is 6.61 Å². The summed E-state index contributed by atoms with van der Waals surface area (Å²) in [6, 6.07) is 5.18. The van der Waals surface area contributed by atoms with Crippen LogP contribution in [0.4, 0.5) is 0 Å². The Hall–Kier alpha value is -1.82. The van der Waals surface area contributed by atoms with Gasteiger partial charge in [-0.1, -0.05) is 12.1 Å². The molecule has 108 valence electrons. The lowest BCUT2D eigenvalue weighted by Gasteiger charge is -2.16. The lowest BCUT2D eigenvalue weighted by Crippen LogP contribution is -2.26. The Morgan fingerprint density at radius 3 is 2.75 bits per heavy atom. The molecule has 5 nitrogen and oxygen atoms in total. The van der Waals surface area contributed by atoms with Crippen LogP contribution < -0.4 is 4.74 Å². The minimum atomic E-state index is -1.06. The highest BCUT2D eigenvalue weighted by atomic mass is 79.9. The van der Waals surface area contributed by atoms with E-state index in [2.05, 4.69) is 15.9 Å². The van der Waals surface area contributed by atoms with Crippen LogP contribution in [0.2, 0.25) is 0 Å². The summed E-state index contributed by atoms with van der Waals surface area (Å²) >= 11 is 3.31. The smallest absolute Gasteiger partial charge is 0.347 e. The minimum Gasteiger partial charge on any atom is -0.478 e. The van der Waals surface area contributed by atoms with Crippen molar-refractivity contribution >= 4 is 33.9 Å². The summed E-state index contributed by atoms with van der Waals surface area (Å²) in [6.07, 6.45) is 1.62. The molecular formula is C14H15BrO5. The van der Waals surface area contributed by atoms with E-state index in [1.54, 1.807) is 32.0 Å². The van der Waals surface area contributed by atoms with E-state index in [-0.39, 0.29) is 6.61 Å². The predicted octanol–water partition coefficient (Wildman–Crippen LogP) is 2.88. The van der Waals surface area contributed by atoms with Gasteiger partial charge >= 0.3 is 11.9 Å². The van der Waals surface area contributed by atoms with Gasteiger partial charge in [0, 0.05) is 11.6 Å². The molecule has 1 rings (SSSR count). The van der Waals surface area contributed by atoms with Crippen molar-refractivity contribution in [2.24, 2.45) is 0 Å². The first-order valence-electron chi connectivity index (χ1n) is 5.98. The van der Waals surface area contributed by atoms with Crippen LogP contribution in [0, 0.1) is 0 Å². The quantitative estimate of drug-likeness (QED) is 0.635. The van der Waals surface area contributed by atoms with E-state index in [0.29, 0.717) is 15.8 Å². The van der Waals surface area contributed by atoms with Crippen LogP contribution in [-0.4, -0.2) is 29.8 Å². The van der Waals surface area contributed by atoms with E-state index < -0.39 is 18.0 Å². The number of carboxylic acids is 1. The molecule has 20 heavy (non-hydrogen) atoms. The van der Waals surface area contributed by atoms with Gasteiger partial charge in [0.05, 0.1) is 11.1 Å². The number of carbonyl (C=O) groups excluding carboxylic acids is 1. The summed E-state index contributed by atoms with van der Waals surface area (Å²) < 4.78 is 11.0. The number of halogens is 1. The summed E-state index contributed by atoms with van der Waals surface area (Å²) in [7, 11) is 0. The summed E-state index contributed by atoms with van der Waals surface area (Å²) in [5, 5.41) is 8.66. The van der Waals surface area contributed by atoms with Crippen molar-refractivity contribution in [3.8, 4) is 5.75 Å². The Labute approximate surface area is 125 Å². The lowest BCUT2D eigenvalue weighted by atomic mass is 10.2. The van der Waals surface area contributed by atoms with Crippen LogP contribution in [-0.2, 0) is 14.3 Å². The largest absolute Gasteiger partial charge is 0.478 e. The Kier molecular flexibility index (Phi) is 6.24. The van der Waals surface area contributed by atoms with Crippen molar-refractivity contribution in [3.05, 3.63) is 34.3 Å². The molecule has 0 aliphatic carbocycles. The molecule has 0 heterocycles. The van der Waals surface area contributed by atoms with E-state index in [9.17, 15) is 9.59 Å². The molecule has 6 heteroatoms. The molecule has 0 saturated carbocycles. The number of hydrogen-bond acceptors (Lipinski definition) is 4. The highest BCUT2D eigenvalue weighted by molar-refractivity contribution is 9.10. The van der Waals surface area contributed by atoms with E-state index in [1.165, 1.54) is 6.08 Å². The van der Waals surface area contributed by atoms with Crippen LogP contribution in [0.15, 0.2) is 28.7 Å². The summed E-state index contributed by atoms with van der Waals surface area (Å²) in [5.74, 6) is -1.14. The zero-order valence-electron chi connectivity index (χ0n) is 11.1. The maximum atomic E-state index is 11.6. The second-order valence-corrected chi connectivity index (χ2v) is 4.70. The standard InChI is InChI=1S/C14H15BrO5/c1-3-19-14(18)9(2)20-13-10(7-8-12(16)17)5-4-6-11(13)15/h4-9H,3H2,1-2H3,(H,16,17). The number of benzene rings is 1. The third-order valence-corrected chi connectivity index (χ3v) is 2.94. The molecule has 0 amide bonds. The molecule has 0 radical (unpaired) electrons. The summed E-state index contributed by atoms with van der Waals surface area (Å²) in [5.41, 5.74) is 0.554. The van der Waals surface area contributed by atoms with Crippen molar-refractivity contribution in [2.45, 2.75) is 20.0 Å². The van der Waals surface area contributed by atoms with E-state index in [1.807, 2.05) is 0 Å². The average molecular weight is 343 g/mol. The number of para-hydroxylation sites is 1. The second-order valence-electron chi connectivity index (χ2n) is 3.84.